The van der Waals surface area contributed by atoms with Crippen molar-refractivity contribution in [3.05, 3.63) is 53.9 Å². The van der Waals surface area contributed by atoms with Crippen molar-refractivity contribution in [2.75, 3.05) is 0 Å². The first kappa shape index (κ1) is 11.4. The van der Waals surface area contributed by atoms with E-state index >= 15 is 0 Å². The molecule has 96 valence electrons. The van der Waals surface area contributed by atoms with Gasteiger partial charge in [0.25, 0.3) is 0 Å². The second-order valence-electron chi connectivity index (χ2n) is 4.52. The van der Waals surface area contributed by atoms with Gasteiger partial charge in [0.05, 0.1) is 22.7 Å². The first-order valence-corrected chi connectivity index (χ1v) is 6.54. The zero-order valence-electron chi connectivity index (χ0n) is 10.3. The van der Waals surface area contributed by atoms with Gasteiger partial charge in [0.1, 0.15) is 11.0 Å². The van der Waals surface area contributed by atoms with Crippen molar-refractivity contribution in [2.45, 2.75) is 0 Å². The van der Waals surface area contributed by atoms with Gasteiger partial charge < -0.3 is 4.98 Å². The molecule has 5 heteroatoms. The van der Waals surface area contributed by atoms with Crippen LogP contribution in [0.15, 0.2) is 48.8 Å². The fourth-order valence-electron chi connectivity index (χ4n) is 2.24. The SMILES string of the molecule is Clc1cc2nc(-c3ccc4cccnc4c3)[nH]c2cn1. The number of nitrogens with zero attached hydrogens (tertiary/aromatic N) is 3. The Labute approximate surface area is 119 Å². The first-order valence-electron chi connectivity index (χ1n) is 6.16. The molecule has 0 aliphatic carbocycles. The number of fused-ring (bicyclic) bond motifs is 2. The highest BCUT2D eigenvalue weighted by Crippen LogP contribution is 2.24. The number of halogens is 1. The predicted octanol–water partition coefficient (Wildman–Crippen LogP) is 3.83. The number of hydrogen-bond acceptors (Lipinski definition) is 3. The van der Waals surface area contributed by atoms with E-state index in [4.69, 9.17) is 11.6 Å². The van der Waals surface area contributed by atoms with Crippen LogP contribution in [-0.2, 0) is 0 Å². The lowest BCUT2D eigenvalue weighted by molar-refractivity contribution is 1.32. The van der Waals surface area contributed by atoms with E-state index in [9.17, 15) is 0 Å². The monoisotopic (exact) mass is 280 g/mol. The summed E-state index contributed by atoms with van der Waals surface area (Å²) in [4.78, 5) is 16.2. The summed E-state index contributed by atoms with van der Waals surface area (Å²) < 4.78 is 0. The van der Waals surface area contributed by atoms with Crippen LogP contribution in [0.1, 0.15) is 0 Å². The minimum absolute atomic E-state index is 0.440. The average Bonchev–Trinajstić information content (AvgIpc) is 2.89. The molecule has 0 fully saturated rings. The van der Waals surface area contributed by atoms with Crippen LogP contribution in [0.3, 0.4) is 0 Å². The van der Waals surface area contributed by atoms with Gasteiger partial charge in [-0.2, -0.15) is 0 Å². The minimum atomic E-state index is 0.440. The average molecular weight is 281 g/mol. The van der Waals surface area contributed by atoms with E-state index in [1.54, 1.807) is 18.5 Å². The molecule has 0 saturated heterocycles. The molecule has 4 aromatic rings. The van der Waals surface area contributed by atoms with Gasteiger partial charge in [-0.1, -0.05) is 29.8 Å². The third-order valence-corrected chi connectivity index (χ3v) is 3.42. The zero-order valence-corrected chi connectivity index (χ0v) is 11.1. The maximum Gasteiger partial charge on any atom is 0.138 e. The molecule has 0 spiro atoms. The van der Waals surface area contributed by atoms with Crippen LogP contribution >= 0.6 is 11.6 Å². The summed E-state index contributed by atoms with van der Waals surface area (Å²) in [7, 11) is 0. The number of rotatable bonds is 1. The Bertz CT molecular complexity index is 929. The highest BCUT2D eigenvalue weighted by atomic mass is 35.5. The lowest BCUT2D eigenvalue weighted by Gasteiger charge is -1.99. The highest BCUT2D eigenvalue weighted by Gasteiger charge is 2.07. The Hall–Kier alpha value is -2.46. The Balaban J connectivity index is 1.91. The third kappa shape index (κ3) is 1.82. The molecule has 4 rings (SSSR count). The number of aromatic nitrogens is 4. The van der Waals surface area contributed by atoms with Gasteiger partial charge in [-0.05, 0) is 12.1 Å². The molecule has 0 radical (unpaired) electrons. The summed E-state index contributed by atoms with van der Waals surface area (Å²) in [6, 6.07) is 11.8. The lowest BCUT2D eigenvalue weighted by atomic mass is 10.1. The molecule has 4 nitrogen and oxygen atoms in total. The summed E-state index contributed by atoms with van der Waals surface area (Å²) in [5.41, 5.74) is 3.61. The van der Waals surface area contributed by atoms with Crippen LogP contribution < -0.4 is 0 Å². The van der Waals surface area contributed by atoms with Crippen molar-refractivity contribution in [3.63, 3.8) is 0 Å². The quantitative estimate of drug-likeness (QED) is 0.539. The number of aromatic amines is 1. The van der Waals surface area contributed by atoms with E-state index in [1.807, 2.05) is 30.3 Å². The van der Waals surface area contributed by atoms with Crippen molar-refractivity contribution in [3.8, 4) is 11.4 Å². The normalized spacial score (nSPS) is 11.2. The topological polar surface area (TPSA) is 54.5 Å². The van der Waals surface area contributed by atoms with Gasteiger partial charge in [0, 0.05) is 23.2 Å². The van der Waals surface area contributed by atoms with E-state index in [1.165, 1.54) is 0 Å². The predicted molar refractivity (Wildman–Crippen MR) is 79.6 cm³/mol. The smallest absolute Gasteiger partial charge is 0.138 e. The number of nitrogens with one attached hydrogen (secondary N) is 1. The maximum absolute atomic E-state index is 5.88. The highest BCUT2D eigenvalue weighted by molar-refractivity contribution is 6.29. The van der Waals surface area contributed by atoms with Crippen molar-refractivity contribution >= 4 is 33.5 Å². The Kier molecular flexibility index (Phi) is 2.44. The first-order chi connectivity index (χ1) is 9.79. The summed E-state index contributed by atoms with van der Waals surface area (Å²) in [5.74, 6) is 0.789. The molecule has 0 atom stereocenters. The van der Waals surface area contributed by atoms with Crippen LogP contribution in [0.25, 0.3) is 33.3 Å². The number of H-pyrrole nitrogens is 1. The summed E-state index contributed by atoms with van der Waals surface area (Å²) in [6.45, 7) is 0. The van der Waals surface area contributed by atoms with Crippen LogP contribution in [-0.4, -0.2) is 19.9 Å². The third-order valence-electron chi connectivity index (χ3n) is 3.21. The second-order valence-corrected chi connectivity index (χ2v) is 4.91. The van der Waals surface area contributed by atoms with Crippen LogP contribution in [0.2, 0.25) is 5.15 Å². The van der Waals surface area contributed by atoms with E-state index in [0.29, 0.717) is 5.15 Å². The Morgan fingerprint density at radius 3 is 2.90 bits per heavy atom. The standard InChI is InChI=1S/C15H9ClN4/c16-14-7-12-13(8-18-14)20-15(19-12)10-4-3-9-2-1-5-17-11(9)6-10/h1-8H,(H,19,20). The molecule has 3 aromatic heterocycles. The molecular formula is C15H9ClN4. The summed E-state index contributed by atoms with van der Waals surface area (Å²) in [6.07, 6.45) is 3.47. The number of hydrogen-bond donors (Lipinski definition) is 1. The Morgan fingerprint density at radius 1 is 1.00 bits per heavy atom. The van der Waals surface area contributed by atoms with Gasteiger partial charge in [-0.25, -0.2) is 9.97 Å². The van der Waals surface area contributed by atoms with E-state index < -0.39 is 0 Å². The molecule has 1 aromatic carbocycles. The van der Waals surface area contributed by atoms with Gasteiger partial charge in [-0.3, -0.25) is 4.98 Å². The molecular weight excluding hydrogens is 272 g/mol. The molecule has 0 bridgehead atoms. The van der Waals surface area contributed by atoms with E-state index in [0.717, 1.165) is 33.3 Å². The van der Waals surface area contributed by atoms with Crippen molar-refractivity contribution in [1.82, 2.24) is 19.9 Å². The van der Waals surface area contributed by atoms with Gasteiger partial charge in [0.2, 0.25) is 0 Å². The molecule has 0 aliphatic rings. The molecule has 20 heavy (non-hydrogen) atoms. The van der Waals surface area contributed by atoms with Gasteiger partial charge in [0.15, 0.2) is 0 Å². The maximum atomic E-state index is 5.88. The van der Waals surface area contributed by atoms with Crippen LogP contribution in [0, 0.1) is 0 Å². The lowest BCUT2D eigenvalue weighted by Crippen LogP contribution is -1.82. The molecule has 3 heterocycles. The molecule has 0 saturated carbocycles. The Morgan fingerprint density at radius 2 is 1.95 bits per heavy atom. The second kappa shape index (κ2) is 4.28. The molecule has 1 N–H and O–H groups in total. The molecule has 0 amide bonds. The van der Waals surface area contributed by atoms with Crippen molar-refractivity contribution < 1.29 is 0 Å². The zero-order chi connectivity index (χ0) is 13.5. The summed E-state index contributed by atoms with van der Waals surface area (Å²) >= 11 is 5.88. The fourth-order valence-corrected chi connectivity index (χ4v) is 2.39. The van der Waals surface area contributed by atoms with Gasteiger partial charge in [-0.15, -0.1) is 0 Å². The van der Waals surface area contributed by atoms with Crippen molar-refractivity contribution in [1.29, 1.82) is 0 Å². The number of pyridine rings is 2. The minimum Gasteiger partial charge on any atom is -0.337 e. The van der Waals surface area contributed by atoms with Crippen molar-refractivity contribution in [2.24, 2.45) is 0 Å². The van der Waals surface area contributed by atoms with Crippen LogP contribution in [0.4, 0.5) is 0 Å². The number of imidazole rings is 1. The largest absolute Gasteiger partial charge is 0.337 e. The van der Waals surface area contributed by atoms with Crippen LogP contribution in [0.5, 0.6) is 0 Å². The number of benzene rings is 1. The fraction of sp³-hybridized carbons (Fsp3) is 0. The van der Waals surface area contributed by atoms with Gasteiger partial charge >= 0.3 is 0 Å². The summed E-state index contributed by atoms with van der Waals surface area (Å²) in [5, 5.41) is 1.55. The van der Waals surface area contributed by atoms with E-state index in [-0.39, 0.29) is 0 Å². The molecule has 0 aliphatic heterocycles. The molecule has 0 unspecified atom stereocenters. The van der Waals surface area contributed by atoms with E-state index in [2.05, 4.69) is 19.9 Å².